The molecule has 0 atom stereocenters. The Balaban J connectivity index is 1.55. The van der Waals surface area contributed by atoms with Crippen LogP contribution in [0.25, 0.3) is 20.4 Å². The van der Waals surface area contributed by atoms with Gasteiger partial charge in [0.25, 0.3) is 0 Å². The molecule has 5 aromatic rings. The maximum absolute atomic E-state index is 12.7. The lowest BCUT2D eigenvalue weighted by atomic mass is 10.2. The fourth-order valence-corrected chi connectivity index (χ4v) is 5.41. The Bertz CT molecular complexity index is 1410. The Hall–Kier alpha value is -3.29. The number of aliphatic imine (C=N–C) groups is 1. The number of benzene rings is 3. The van der Waals surface area contributed by atoms with Crippen molar-refractivity contribution < 1.29 is 0 Å². The van der Waals surface area contributed by atoms with Gasteiger partial charge in [-0.3, -0.25) is 23.7 Å². The molecule has 2 heterocycles. The van der Waals surface area contributed by atoms with Crippen LogP contribution in [0.5, 0.6) is 0 Å². The van der Waals surface area contributed by atoms with E-state index >= 15 is 0 Å². The summed E-state index contributed by atoms with van der Waals surface area (Å²) in [4.78, 5) is 30.2. The third-order valence-corrected chi connectivity index (χ3v) is 7.08. The highest BCUT2D eigenvalue weighted by atomic mass is 32.1. The van der Waals surface area contributed by atoms with Gasteiger partial charge < -0.3 is 0 Å². The number of para-hydroxylation sites is 2. The summed E-state index contributed by atoms with van der Waals surface area (Å²) in [6.07, 6.45) is 0. The highest BCUT2D eigenvalue weighted by Crippen LogP contribution is 2.19. The standard InChI is InChI=1S/C24H19N3O2S2/c28-23-26(19-10-4-6-12-21(19)30-23)15-18(25-14-17-8-2-1-3-9-17)16-27-20-11-5-7-13-22(20)31-24(27)29/h1-13H,14-16H2. The first kappa shape index (κ1) is 19.7. The first-order valence-corrected chi connectivity index (χ1v) is 11.6. The molecular formula is C24H19N3O2S2. The van der Waals surface area contributed by atoms with E-state index < -0.39 is 0 Å². The number of fused-ring (bicyclic) bond motifs is 2. The van der Waals surface area contributed by atoms with Crippen molar-refractivity contribution in [3.05, 3.63) is 104 Å². The minimum absolute atomic E-state index is 0.0175. The molecule has 0 saturated carbocycles. The maximum atomic E-state index is 12.7. The Morgan fingerprint density at radius 2 is 1.16 bits per heavy atom. The molecule has 0 unspecified atom stereocenters. The zero-order chi connectivity index (χ0) is 21.2. The van der Waals surface area contributed by atoms with Crippen LogP contribution in [0.15, 0.2) is 93.4 Å². The van der Waals surface area contributed by atoms with Crippen LogP contribution in [0, 0.1) is 0 Å². The third-order valence-electron chi connectivity index (χ3n) is 5.16. The Morgan fingerprint density at radius 1 is 0.677 bits per heavy atom. The van der Waals surface area contributed by atoms with E-state index in [1.54, 1.807) is 9.13 Å². The van der Waals surface area contributed by atoms with Gasteiger partial charge in [0.15, 0.2) is 0 Å². The highest BCUT2D eigenvalue weighted by Gasteiger charge is 2.14. The van der Waals surface area contributed by atoms with Crippen LogP contribution in [-0.2, 0) is 19.6 Å². The molecular weight excluding hydrogens is 426 g/mol. The summed E-state index contributed by atoms with van der Waals surface area (Å²) in [6, 6.07) is 25.5. The van der Waals surface area contributed by atoms with Crippen LogP contribution in [0.2, 0.25) is 0 Å². The van der Waals surface area contributed by atoms with Crippen LogP contribution in [-0.4, -0.2) is 14.8 Å². The summed E-state index contributed by atoms with van der Waals surface area (Å²) in [5.74, 6) is 0. The van der Waals surface area contributed by atoms with Crippen molar-refractivity contribution in [2.45, 2.75) is 19.6 Å². The fraction of sp³-hybridized carbons (Fsp3) is 0.125. The van der Waals surface area contributed by atoms with E-state index in [0.717, 1.165) is 31.7 Å². The Morgan fingerprint density at radius 3 is 1.71 bits per heavy atom. The number of thiazole rings is 2. The first-order chi connectivity index (χ1) is 15.2. The van der Waals surface area contributed by atoms with Gasteiger partial charge in [0.1, 0.15) is 0 Å². The van der Waals surface area contributed by atoms with Gasteiger partial charge in [-0.1, -0.05) is 77.3 Å². The highest BCUT2D eigenvalue weighted by molar-refractivity contribution is 7.16. The number of hydrogen-bond donors (Lipinski definition) is 0. The largest absolute Gasteiger partial charge is 0.308 e. The second-order valence-electron chi connectivity index (χ2n) is 7.21. The van der Waals surface area contributed by atoms with E-state index in [-0.39, 0.29) is 9.75 Å². The van der Waals surface area contributed by atoms with Crippen LogP contribution in [0.4, 0.5) is 0 Å². The molecule has 0 aliphatic heterocycles. The van der Waals surface area contributed by atoms with Crippen molar-refractivity contribution >= 4 is 48.8 Å². The van der Waals surface area contributed by atoms with E-state index in [4.69, 9.17) is 4.99 Å². The molecule has 0 N–H and O–H groups in total. The van der Waals surface area contributed by atoms with Gasteiger partial charge in [0, 0.05) is 0 Å². The van der Waals surface area contributed by atoms with Gasteiger partial charge in [-0.15, -0.1) is 0 Å². The average molecular weight is 446 g/mol. The Labute approximate surface area is 186 Å². The van der Waals surface area contributed by atoms with Crippen LogP contribution in [0.3, 0.4) is 0 Å². The normalized spacial score (nSPS) is 11.2. The molecule has 2 aromatic heterocycles. The predicted octanol–water partition coefficient (Wildman–Crippen LogP) is 4.78. The van der Waals surface area contributed by atoms with Crippen LogP contribution >= 0.6 is 22.7 Å². The van der Waals surface area contributed by atoms with E-state index in [1.807, 2.05) is 78.9 Å². The van der Waals surface area contributed by atoms with Crippen molar-refractivity contribution in [3.63, 3.8) is 0 Å². The lowest BCUT2D eigenvalue weighted by Crippen LogP contribution is -2.26. The van der Waals surface area contributed by atoms with Crippen molar-refractivity contribution in [1.29, 1.82) is 0 Å². The predicted molar refractivity (Wildman–Crippen MR) is 130 cm³/mol. The van der Waals surface area contributed by atoms with Crippen molar-refractivity contribution in [3.8, 4) is 0 Å². The number of hydrogen-bond acceptors (Lipinski definition) is 5. The van der Waals surface area contributed by atoms with Gasteiger partial charge in [-0.05, 0) is 29.8 Å². The summed E-state index contributed by atoms with van der Waals surface area (Å²) in [7, 11) is 0. The molecule has 3 aromatic carbocycles. The molecule has 5 rings (SSSR count). The van der Waals surface area contributed by atoms with E-state index in [1.165, 1.54) is 22.7 Å². The number of rotatable bonds is 6. The lowest BCUT2D eigenvalue weighted by Gasteiger charge is -2.10. The quantitative estimate of drug-likeness (QED) is 0.353. The minimum Gasteiger partial charge on any atom is -0.293 e. The van der Waals surface area contributed by atoms with Crippen molar-refractivity contribution in [2.75, 3.05) is 0 Å². The van der Waals surface area contributed by atoms with E-state index in [0.29, 0.717) is 19.6 Å². The topological polar surface area (TPSA) is 56.4 Å². The summed E-state index contributed by atoms with van der Waals surface area (Å²) >= 11 is 2.47. The second-order valence-corrected chi connectivity index (χ2v) is 9.20. The molecule has 0 spiro atoms. The summed E-state index contributed by atoms with van der Waals surface area (Å²) in [5.41, 5.74) is 3.67. The zero-order valence-electron chi connectivity index (χ0n) is 16.6. The SMILES string of the molecule is O=c1sc2ccccc2n1CC(Cn1c(=O)sc2ccccc21)=NCc1ccccc1. The molecule has 0 radical (unpaired) electrons. The van der Waals surface area contributed by atoms with Crippen molar-refractivity contribution in [2.24, 2.45) is 4.99 Å². The molecule has 5 nitrogen and oxygen atoms in total. The number of aromatic nitrogens is 2. The third kappa shape index (κ3) is 4.02. The lowest BCUT2D eigenvalue weighted by molar-refractivity contribution is 0.788. The van der Waals surface area contributed by atoms with Gasteiger partial charge in [-0.2, -0.15) is 0 Å². The monoisotopic (exact) mass is 445 g/mol. The minimum atomic E-state index is -0.0175. The molecule has 0 saturated heterocycles. The first-order valence-electron chi connectivity index (χ1n) is 9.92. The molecule has 0 aliphatic rings. The van der Waals surface area contributed by atoms with Gasteiger partial charge in [-0.25, -0.2) is 0 Å². The summed E-state index contributed by atoms with van der Waals surface area (Å²) in [6.45, 7) is 1.21. The van der Waals surface area contributed by atoms with E-state index in [2.05, 4.69) is 0 Å². The molecule has 0 aliphatic carbocycles. The second kappa shape index (κ2) is 8.45. The summed E-state index contributed by atoms with van der Waals surface area (Å²) in [5, 5.41) is 0. The van der Waals surface area contributed by atoms with E-state index in [9.17, 15) is 9.59 Å². The molecule has 154 valence electrons. The maximum Gasteiger partial charge on any atom is 0.308 e. The smallest absolute Gasteiger partial charge is 0.293 e. The van der Waals surface area contributed by atoms with Gasteiger partial charge in [0.05, 0.1) is 45.8 Å². The molecule has 7 heteroatoms. The van der Waals surface area contributed by atoms with Crippen LogP contribution < -0.4 is 9.75 Å². The van der Waals surface area contributed by atoms with Gasteiger partial charge in [0.2, 0.25) is 0 Å². The fourth-order valence-electron chi connectivity index (χ4n) is 3.63. The average Bonchev–Trinajstić information content (AvgIpc) is 3.28. The van der Waals surface area contributed by atoms with Crippen molar-refractivity contribution in [1.82, 2.24) is 9.13 Å². The number of nitrogens with zero attached hydrogens (tertiary/aromatic N) is 3. The summed E-state index contributed by atoms with van der Waals surface area (Å²) < 4.78 is 5.41. The molecule has 0 amide bonds. The zero-order valence-corrected chi connectivity index (χ0v) is 18.2. The van der Waals surface area contributed by atoms with Gasteiger partial charge >= 0.3 is 9.75 Å². The molecule has 31 heavy (non-hydrogen) atoms. The van der Waals surface area contributed by atoms with Crippen LogP contribution in [0.1, 0.15) is 5.56 Å². The Kier molecular flexibility index (Phi) is 5.36. The molecule has 0 bridgehead atoms. The molecule has 0 fully saturated rings.